The molecule has 1 fully saturated rings. The van der Waals surface area contributed by atoms with Gasteiger partial charge in [0.1, 0.15) is 5.82 Å². The number of nitrogens with one attached hydrogen (secondary N) is 1. The molecule has 0 spiro atoms. The van der Waals surface area contributed by atoms with E-state index in [4.69, 9.17) is 15.9 Å². The number of hydrogen-bond acceptors (Lipinski definition) is 5. The van der Waals surface area contributed by atoms with Gasteiger partial charge in [-0.2, -0.15) is 13.2 Å². The van der Waals surface area contributed by atoms with Crippen LogP contribution in [0.1, 0.15) is 35.1 Å². The van der Waals surface area contributed by atoms with Crippen LogP contribution < -0.4 is 10.6 Å². The number of fused-ring (bicyclic) bond motifs is 2. The number of anilines is 2. The van der Waals surface area contributed by atoms with E-state index in [-0.39, 0.29) is 17.3 Å². The average Bonchev–Trinajstić information content (AvgIpc) is 2.77. The van der Waals surface area contributed by atoms with Gasteiger partial charge in [0.15, 0.2) is 0 Å². The molecule has 5 nitrogen and oxygen atoms in total. The minimum Gasteiger partial charge on any atom is -0.398 e. The molecule has 3 N–H and O–H groups in total. The second-order valence-corrected chi connectivity index (χ2v) is 6.81. The van der Waals surface area contributed by atoms with E-state index in [0.29, 0.717) is 42.4 Å². The standard InChI is InChI=1S/C19H19F3N4O/c20-19(21,22)12-2-1-11-10-26(13-4-7-27-8-5-13)18-16(15(23)3-6-25-18)17(24)14(11)9-12/h1-3,6,9,13,24H,4-5,7-8,10H2,(H2,23,25). The average molecular weight is 376 g/mol. The lowest BCUT2D eigenvalue weighted by Crippen LogP contribution is -2.39. The van der Waals surface area contributed by atoms with Crippen molar-refractivity contribution in [1.29, 1.82) is 5.41 Å². The van der Waals surface area contributed by atoms with Crippen molar-refractivity contribution in [3.05, 3.63) is 52.7 Å². The van der Waals surface area contributed by atoms with Gasteiger partial charge in [-0.25, -0.2) is 4.98 Å². The maximum absolute atomic E-state index is 13.2. The minimum absolute atomic E-state index is 0.0220. The highest BCUT2D eigenvalue weighted by atomic mass is 19.4. The van der Waals surface area contributed by atoms with Crippen LogP contribution in [0.3, 0.4) is 0 Å². The van der Waals surface area contributed by atoms with Gasteiger partial charge in [0.25, 0.3) is 0 Å². The van der Waals surface area contributed by atoms with Crippen molar-refractivity contribution in [2.45, 2.75) is 31.6 Å². The number of aromatic nitrogens is 1. The second kappa shape index (κ2) is 6.53. The Bertz CT molecular complexity index is 891. The molecule has 0 bridgehead atoms. The third-order valence-electron chi connectivity index (χ3n) is 5.16. The summed E-state index contributed by atoms with van der Waals surface area (Å²) in [4.78, 5) is 6.50. The zero-order chi connectivity index (χ0) is 19.2. The number of benzene rings is 1. The first-order valence-corrected chi connectivity index (χ1v) is 8.74. The van der Waals surface area contributed by atoms with E-state index in [9.17, 15) is 13.2 Å². The fourth-order valence-electron chi connectivity index (χ4n) is 3.75. The molecule has 3 heterocycles. The number of alkyl halides is 3. The summed E-state index contributed by atoms with van der Waals surface area (Å²) < 4.78 is 45.0. The Labute approximate surface area is 154 Å². The fraction of sp³-hybridized carbons (Fsp3) is 0.368. The number of nitrogens with zero attached hydrogens (tertiary/aromatic N) is 2. The van der Waals surface area contributed by atoms with Crippen molar-refractivity contribution in [1.82, 2.24) is 4.98 Å². The van der Waals surface area contributed by atoms with Gasteiger partial charge in [-0.05, 0) is 36.6 Å². The number of halogens is 3. The lowest BCUT2D eigenvalue weighted by atomic mass is 9.96. The Kier molecular flexibility index (Phi) is 4.30. The lowest BCUT2D eigenvalue weighted by molar-refractivity contribution is -0.137. The van der Waals surface area contributed by atoms with Gasteiger partial charge < -0.3 is 15.4 Å². The highest BCUT2D eigenvalue weighted by Crippen LogP contribution is 2.37. The van der Waals surface area contributed by atoms with Crippen molar-refractivity contribution >= 4 is 17.2 Å². The van der Waals surface area contributed by atoms with E-state index < -0.39 is 11.7 Å². The molecule has 2 aliphatic rings. The molecule has 0 aliphatic carbocycles. The van der Waals surface area contributed by atoms with Crippen molar-refractivity contribution in [3.63, 3.8) is 0 Å². The van der Waals surface area contributed by atoms with Crippen LogP contribution in [-0.2, 0) is 17.5 Å². The van der Waals surface area contributed by atoms with Crippen LogP contribution in [0.5, 0.6) is 0 Å². The van der Waals surface area contributed by atoms with Gasteiger partial charge in [-0.1, -0.05) is 6.07 Å². The van der Waals surface area contributed by atoms with Crippen LogP contribution in [0.2, 0.25) is 0 Å². The predicted molar refractivity (Wildman–Crippen MR) is 96.0 cm³/mol. The summed E-state index contributed by atoms with van der Waals surface area (Å²) in [6, 6.07) is 5.28. The van der Waals surface area contributed by atoms with Crippen molar-refractivity contribution in [2.75, 3.05) is 23.8 Å². The topological polar surface area (TPSA) is 75.2 Å². The number of hydrogen-bond donors (Lipinski definition) is 2. The fourth-order valence-corrected chi connectivity index (χ4v) is 3.75. The van der Waals surface area contributed by atoms with Crippen LogP contribution in [0.15, 0.2) is 30.5 Å². The molecule has 0 amide bonds. The lowest BCUT2D eigenvalue weighted by Gasteiger charge is -2.35. The molecule has 1 saturated heterocycles. The zero-order valence-electron chi connectivity index (χ0n) is 14.5. The zero-order valence-corrected chi connectivity index (χ0v) is 14.5. The van der Waals surface area contributed by atoms with E-state index in [0.717, 1.165) is 25.0 Å². The third-order valence-corrected chi connectivity index (χ3v) is 5.16. The Morgan fingerprint density at radius 1 is 1.19 bits per heavy atom. The highest BCUT2D eigenvalue weighted by Gasteiger charge is 2.35. The van der Waals surface area contributed by atoms with E-state index in [1.807, 2.05) is 0 Å². The van der Waals surface area contributed by atoms with Crippen molar-refractivity contribution in [2.24, 2.45) is 0 Å². The molecule has 1 aromatic carbocycles. The summed E-state index contributed by atoms with van der Waals surface area (Å²) in [5, 5.41) is 8.60. The summed E-state index contributed by atoms with van der Waals surface area (Å²) in [6.45, 7) is 1.62. The third kappa shape index (κ3) is 3.14. The van der Waals surface area contributed by atoms with Gasteiger partial charge in [0.2, 0.25) is 0 Å². The first kappa shape index (κ1) is 17.8. The Hall–Kier alpha value is -2.61. The van der Waals surface area contributed by atoms with E-state index >= 15 is 0 Å². The molecular weight excluding hydrogens is 357 g/mol. The Balaban J connectivity index is 1.88. The van der Waals surface area contributed by atoms with E-state index in [1.165, 1.54) is 6.07 Å². The largest absolute Gasteiger partial charge is 0.416 e. The van der Waals surface area contributed by atoms with Gasteiger partial charge in [-0.3, -0.25) is 5.41 Å². The highest BCUT2D eigenvalue weighted by molar-refractivity contribution is 6.18. The molecule has 27 heavy (non-hydrogen) atoms. The Morgan fingerprint density at radius 2 is 1.93 bits per heavy atom. The van der Waals surface area contributed by atoms with Crippen LogP contribution >= 0.6 is 0 Å². The summed E-state index contributed by atoms with van der Waals surface area (Å²) >= 11 is 0. The molecule has 0 radical (unpaired) electrons. The maximum atomic E-state index is 13.2. The minimum atomic E-state index is -4.47. The van der Waals surface area contributed by atoms with Gasteiger partial charge in [0.05, 0.1) is 16.8 Å². The molecule has 1 aromatic heterocycles. The molecule has 0 atom stereocenters. The molecule has 2 aromatic rings. The van der Waals surface area contributed by atoms with E-state index in [2.05, 4.69) is 9.88 Å². The van der Waals surface area contributed by atoms with Gasteiger partial charge in [-0.15, -0.1) is 0 Å². The number of pyridine rings is 1. The van der Waals surface area contributed by atoms with E-state index in [1.54, 1.807) is 12.3 Å². The number of nitrogens with two attached hydrogens (primary N) is 1. The van der Waals surface area contributed by atoms with Crippen LogP contribution in [0, 0.1) is 5.41 Å². The molecule has 2 aliphatic heterocycles. The molecule has 142 valence electrons. The summed E-state index contributed by atoms with van der Waals surface area (Å²) in [5.74, 6) is 0.552. The first-order chi connectivity index (χ1) is 12.9. The van der Waals surface area contributed by atoms with Crippen molar-refractivity contribution in [3.8, 4) is 0 Å². The first-order valence-electron chi connectivity index (χ1n) is 8.74. The quantitative estimate of drug-likeness (QED) is 0.798. The monoisotopic (exact) mass is 376 g/mol. The number of ether oxygens (including phenoxy) is 1. The van der Waals surface area contributed by atoms with Crippen LogP contribution in [0.25, 0.3) is 0 Å². The number of nitrogen functional groups attached to an aromatic ring is 1. The molecule has 0 unspecified atom stereocenters. The molecular formula is C19H19F3N4O. The van der Waals surface area contributed by atoms with Gasteiger partial charge in [0, 0.05) is 43.2 Å². The van der Waals surface area contributed by atoms with Crippen molar-refractivity contribution < 1.29 is 17.9 Å². The Morgan fingerprint density at radius 3 is 2.63 bits per heavy atom. The summed E-state index contributed by atoms with van der Waals surface area (Å²) in [7, 11) is 0. The SMILES string of the molecule is N=C1c2cc(C(F)(F)F)ccc2CN(C2CCOCC2)c2nccc(N)c21. The number of rotatable bonds is 1. The van der Waals surface area contributed by atoms with Crippen LogP contribution in [0.4, 0.5) is 24.7 Å². The second-order valence-electron chi connectivity index (χ2n) is 6.81. The molecule has 8 heteroatoms. The van der Waals surface area contributed by atoms with Gasteiger partial charge >= 0.3 is 6.18 Å². The smallest absolute Gasteiger partial charge is 0.398 e. The summed E-state index contributed by atoms with van der Waals surface area (Å²) in [6.07, 6.45) is -1.31. The van der Waals surface area contributed by atoms with Crippen LogP contribution in [-0.4, -0.2) is 30.0 Å². The summed E-state index contributed by atoms with van der Waals surface area (Å²) in [5.41, 5.74) is 6.97. The normalized spacial score (nSPS) is 18.0. The maximum Gasteiger partial charge on any atom is 0.416 e. The molecule has 0 saturated carbocycles. The molecule has 4 rings (SSSR count). The predicted octanol–water partition coefficient (Wildman–Crippen LogP) is 3.60.